The Morgan fingerprint density at radius 2 is 2.00 bits per heavy atom. The first-order valence-electron chi connectivity index (χ1n) is 9.47. The van der Waals surface area contributed by atoms with Crippen LogP contribution in [0.2, 0.25) is 0 Å². The number of H-pyrrole nitrogens is 1. The van der Waals surface area contributed by atoms with E-state index < -0.39 is 0 Å². The molecule has 148 valence electrons. The van der Waals surface area contributed by atoms with Crippen LogP contribution in [0.1, 0.15) is 34.4 Å². The monoisotopic (exact) mass is 389 g/mol. The van der Waals surface area contributed by atoms with E-state index in [1.54, 1.807) is 20.0 Å². The molecule has 7 heteroatoms. The summed E-state index contributed by atoms with van der Waals surface area (Å²) in [6.07, 6.45) is 5.21. The lowest BCUT2D eigenvalue weighted by Crippen LogP contribution is -2.26. The third-order valence-electron chi connectivity index (χ3n) is 4.91. The summed E-state index contributed by atoms with van der Waals surface area (Å²) in [6.45, 7) is 4.05. The Hall–Kier alpha value is -3.66. The summed E-state index contributed by atoms with van der Waals surface area (Å²) < 4.78 is 1.81. The van der Waals surface area contributed by atoms with Crippen molar-refractivity contribution in [2.75, 3.05) is 6.54 Å². The van der Waals surface area contributed by atoms with Crippen LogP contribution in [0.3, 0.4) is 0 Å². The first kappa shape index (κ1) is 20.1. The molecule has 29 heavy (non-hydrogen) atoms. The molecule has 0 radical (unpaired) electrons. The Balaban J connectivity index is 1.51. The number of pyridine rings is 1. The lowest BCUT2D eigenvalue weighted by Gasteiger charge is -2.11. The van der Waals surface area contributed by atoms with Crippen LogP contribution in [-0.2, 0) is 17.6 Å². The highest BCUT2D eigenvalue weighted by molar-refractivity contribution is 5.76. The zero-order valence-electron chi connectivity index (χ0n) is 16.5. The van der Waals surface area contributed by atoms with E-state index >= 15 is 0 Å². The van der Waals surface area contributed by atoms with E-state index in [-0.39, 0.29) is 17.0 Å². The molecule has 0 aliphatic carbocycles. The van der Waals surface area contributed by atoms with E-state index in [0.29, 0.717) is 37.1 Å². The molecule has 1 aromatic carbocycles. The second-order valence-corrected chi connectivity index (χ2v) is 6.90. The second kappa shape index (κ2) is 9.02. The summed E-state index contributed by atoms with van der Waals surface area (Å²) in [7, 11) is 0. The third kappa shape index (κ3) is 4.79. The number of carbonyl (C=O) groups is 1. The van der Waals surface area contributed by atoms with Crippen molar-refractivity contribution < 1.29 is 4.79 Å². The molecule has 0 aliphatic heterocycles. The zero-order valence-corrected chi connectivity index (χ0v) is 16.5. The fraction of sp³-hybridized carbons (Fsp3) is 0.273. The Labute approximate surface area is 169 Å². The van der Waals surface area contributed by atoms with E-state index in [9.17, 15) is 9.59 Å². The van der Waals surface area contributed by atoms with Crippen LogP contribution in [-0.4, -0.2) is 27.2 Å². The molecule has 0 saturated heterocycles. The van der Waals surface area contributed by atoms with Gasteiger partial charge in [0.2, 0.25) is 5.91 Å². The van der Waals surface area contributed by atoms with Gasteiger partial charge in [-0.3, -0.25) is 9.59 Å². The minimum atomic E-state index is -0.383. The molecule has 2 heterocycles. The number of aryl methyl sites for hydroxylation is 1. The lowest BCUT2D eigenvalue weighted by atomic mass is 9.99. The van der Waals surface area contributed by atoms with Gasteiger partial charge in [-0.1, -0.05) is 18.2 Å². The van der Waals surface area contributed by atoms with Crippen LogP contribution in [0.15, 0.2) is 47.5 Å². The van der Waals surface area contributed by atoms with Crippen LogP contribution in [0.25, 0.3) is 5.69 Å². The molecule has 0 aliphatic rings. The van der Waals surface area contributed by atoms with Gasteiger partial charge in [0.15, 0.2) is 0 Å². The number of aromatic nitrogens is 3. The molecule has 0 fully saturated rings. The van der Waals surface area contributed by atoms with Crippen molar-refractivity contribution in [1.29, 1.82) is 5.26 Å². The maximum absolute atomic E-state index is 12.2. The number of rotatable bonds is 7. The van der Waals surface area contributed by atoms with Crippen molar-refractivity contribution in [2.24, 2.45) is 0 Å². The van der Waals surface area contributed by atoms with Crippen molar-refractivity contribution in [3.05, 3.63) is 81.0 Å². The van der Waals surface area contributed by atoms with Gasteiger partial charge in [0, 0.05) is 24.9 Å². The molecule has 0 spiro atoms. The Morgan fingerprint density at radius 3 is 2.72 bits per heavy atom. The number of para-hydroxylation sites is 1. The molecular weight excluding hydrogens is 366 g/mol. The van der Waals surface area contributed by atoms with Gasteiger partial charge in [0.1, 0.15) is 11.6 Å². The molecule has 1 amide bonds. The largest absolute Gasteiger partial charge is 0.356 e. The molecule has 3 rings (SSSR count). The van der Waals surface area contributed by atoms with E-state index in [1.165, 1.54) is 0 Å². The number of carbonyl (C=O) groups excluding carboxylic acids is 1. The van der Waals surface area contributed by atoms with Gasteiger partial charge in [-0.25, -0.2) is 4.68 Å². The fourth-order valence-electron chi connectivity index (χ4n) is 3.30. The van der Waals surface area contributed by atoms with Crippen LogP contribution < -0.4 is 10.9 Å². The van der Waals surface area contributed by atoms with Gasteiger partial charge in [0.25, 0.3) is 5.56 Å². The number of hydrogen-bond acceptors (Lipinski definition) is 4. The van der Waals surface area contributed by atoms with Crippen molar-refractivity contribution in [2.45, 2.75) is 33.1 Å². The second-order valence-electron chi connectivity index (χ2n) is 6.90. The highest BCUT2D eigenvalue weighted by atomic mass is 16.1. The van der Waals surface area contributed by atoms with Gasteiger partial charge in [-0.2, -0.15) is 10.4 Å². The summed E-state index contributed by atoms with van der Waals surface area (Å²) in [5.74, 6) is -0.0658. The molecule has 7 nitrogen and oxygen atoms in total. The normalized spacial score (nSPS) is 10.5. The molecule has 0 saturated carbocycles. The molecule has 2 N–H and O–H groups in total. The minimum absolute atomic E-state index is 0.0658. The molecule has 0 unspecified atom stereocenters. The predicted molar refractivity (Wildman–Crippen MR) is 110 cm³/mol. The van der Waals surface area contributed by atoms with E-state index in [1.807, 2.05) is 47.3 Å². The van der Waals surface area contributed by atoms with Gasteiger partial charge in [-0.05, 0) is 55.5 Å². The number of nitriles is 1. The number of aromatic amines is 1. The average molecular weight is 389 g/mol. The molecule has 3 aromatic rings. The standard InChI is InChI=1S/C22H23N5O2/c1-15-19(16(2)26-22(29)20(15)12-23)8-9-21(28)24-11-10-17-13-25-27(14-17)18-6-4-3-5-7-18/h3-7,13-14H,8-11H2,1-2H3,(H,24,28)(H,26,29). The maximum atomic E-state index is 12.2. The first-order valence-corrected chi connectivity index (χ1v) is 9.47. The number of benzene rings is 1. The van der Waals surface area contributed by atoms with Crippen LogP contribution in [0.4, 0.5) is 0 Å². The number of amides is 1. The topological polar surface area (TPSA) is 104 Å². The highest BCUT2D eigenvalue weighted by Crippen LogP contribution is 2.15. The number of nitrogens with one attached hydrogen (secondary N) is 2. The molecule has 0 bridgehead atoms. The highest BCUT2D eigenvalue weighted by Gasteiger charge is 2.13. The van der Waals surface area contributed by atoms with Crippen molar-refractivity contribution in [3.8, 4) is 11.8 Å². The summed E-state index contributed by atoms with van der Waals surface area (Å²) in [5, 5.41) is 16.4. The fourth-order valence-corrected chi connectivity index (χ4v) is 3.30. The maximum Gasteiger partial charge on any atom is 0.266 e. The third-order valence-corrected chi connectivity index (χ3v) is 4.91. The Bertz CT molecular complexity index is 1110. The Morgan fingerprint density at radius 1 is 1.24 bits per heavy atom. The predicted octanol–water partition coefficient (Wildman–Crippen LogP) is 2.34. The first-order chi connectivity index (χ1) is 14.0. The van der Waals surface area contributed by atoms with Crippen LogP contribution in [0.5, 0.6) is 0 Å². The van der Waals surface area contributed by atoms with E-state index in [4.69, 9.17) is 5.26 Å². The smallest absolute Gasteiger partial charge is 0.266 e. The SMILES string of the molecule is Cc1[nH]c(=O)c(C#N)c(C)c1CCC(=O)NCCc1cnn(-c2ccccc2)c1. The lowest BCUT2D eigenvalue weighted by molar-refractivity contribution is -0.121. The molecule has 0 atom stereocenters. The zero-order chi connectivity index (χ0) is 20.8. The quantitative estimate of drug-likeness (QED) is 0.647. The minimum Gasteiger partial charge on any atom is -0.356 e. The van der Waals surface area contributed by atoms with Gasteiger partial charge in [0.05, 0.1) is 11.9 Å². The van der Waals surface area contributed by atoms with Crippen molar-refractivity contribution in [1.82, 2.24) is 20.1 Å². The molecular formula is C22H23N5O2. The van der Waals surface area contributed by atoms with Crippen molar-refractivity contribution in [3.63, 3.8) is 0 Å². The van der Waals surface area contributed by atoms with E-state index in [2.05, 4.69) is 15.4 Å². The van der Waals surface area contributed by atoms with Gasteiger partial charge >= 0.3 is 0 Å². The van der Waals surface area contributed by atoms with E-state index in [0.717, 1.165) is 16.8 Å². The number of hydrogen-bond donors (Lipinski definition) is 2. The summed E-state index contributed by atoms with van der Waals surface area (Å²) in [5.41, 5.74) is 3.96. The van der Waals surface area contributed by atoms with Gasteiger partial charge < -0.3 is 10.3 Å². The Kier molecular flexibility index (Phi) is 6.25. The number of nitrogens with zero attached hydrogens (tertiary/aromatic N) is 3. The molecule has 2 aromatic heterocycles. The van der Waals surface area contributed by atoms with Gasteiger partial charge in [-0.15, -0.1) is 0 Å². The van der Waals surface area contributed by atoms with Crippen LogP contribution in [0, 0.1) is 25.2 Å². The van der Waals surface area contributed by atoms with Crippen molar-refractivity contribution >= 4 is 5.91 Å². The summed E-state index contributed by atoms with van der Waals surface area (Å²) in [4.78, 5) is 26.7. The summed E-state index contributed by atoms with van der Waals surface area (Å²) >= 11 is 0. The van der Waals surface area contributed by atoms with Crippen LogP contribution >= 0.6 is 0 Å². The average Bonchev–Trinajstić information content (AvgIpc) is 3.17. The summed E-state index contributed by atoms with van der Waals surface area (Å²) in [6, 6.07) is 11.8.